The first-order chi connectivity index (χ1) is 7.75. The molecule has 0 saturated carbocycles. The molecule has 0 atom stereocenters. The maximum absolute atomic E-state index is 5.55. The second kappa shape index (κ2) is 5.41. The Morgan fingerprint density at radius 2 is 2.31 bits per heavy atom. The first-order valence-corrected chi connectivity index (χ1v) is 6.57. The van der Waals surface area contributed by atoms with Crippen molar-refractivity contribution in [2.45, 2.75) is 13.3 Å². The van der Waals surface area contributed by atoms with Crippen LogP contribution in [0.4, 0.5) is 0 Å². The minimum Gasteiger partial charge on any atom is -0.477 e. The Labute approximate surface area is 107 Å². The van der Waals surface area contributed by atoms with E-state index in [-0.39, 0.29) is 0 Å². The Kier molecular flexibility index (Phi) is 3.90. The summed E-state index contributed by atoms with van der Waals surface area (Å²) in [6, 6.07) is 5.63. The molecule has 0 saturated heterocycles. The zero-order valence-corrected chi connectivity index (χ0v) is 11.2. The fourth-order valence-corrected chi connectivity index (χ4v) is 2.37. The summed E-state index contributed by atoms with van der Waals surface area (Å²) in [5.74, 6) is 0.650. The van der Waals surface area contributed by atoms with Crippen LogP contribution >= 0.6 is 27.3 Å². The van der Waals surface area contributed by atoms with Gasteiger partial charge in [0.2, 0.25) is 5.88 Å². The zero-order valence-electron chi connectivity index (χ0n) is 8.81. The second-order valence-corrected chi connectivity index (χ2v) is 5.01. The number of ether oxygens (including phenoxy) is 1. The molecule has 0 N–H and O–H groups in total. The minimum absolute atomic E-state index is 0.631. The van der Waals surface area contributed by atoms with Crippen molar-refractivity contribution >= 4 is 27.3 Å². The fourth-order valence-electron chi connectivity index (χ4n) is 1.28. The molecule has 0 aromatic carbocycles. The molecule has 0 spiro atoms. The van der Waals surface area contributed by atoms with Gasteiger partial charge in [-0.15, -0.1) is 11.3 Å². The van der Waals surface area contributed by atoms with Gasteiger partial charge in [0.15, 0.2) is 0 Å². The van der Waals surface area contributed by atoms with Crippen molar-refractivity contribution in [2.24, 2.45) is 0 Å². The molecule has 3 nitrogen and oxygen atoms in total. The largest absolute Gasteiger partial charge is 0.477 e. The van der Waals surface area contributed by atoms with Crippen molar-refractivity contribution in [2.75, 3.05) is 6.61 Å². The van der Waals surface area contributed by atoms with Gasteiger partial charge in [-0.05, 0) is 28.9 Å². The van der Waals surface area contributed by atoms with E-state index in [1.807, 2.05) is 30.6 Å². The number of thiazole rings is 1. The molecular formula is C11H11BrN2OS. The molecule has 0 aliphatic rings. The average molecular weight is 299 g/mol. The third kappa shape index (κ3) is 3.02. The second-order valence-electron chi connectivity index (χ2n) is 3.26. The van der Waals surface area contributed by atoms with Gasteiger partial charge >= 0.3 is 0 Å². The van der Waals surface area contributed by atoms with Crippen molar-refractivity contribution in [3.05, 3.63) is 38.9 Å². The highest BCUT2D eigenvalue weighted by Crippen LogP contribution is 2.15. The molecule has 0 aliphatic carbocycles. The highest BCUT2D eigenvalue weighted by molar-refractivity contribution is 9.10. The number of aromatic nitrogens is 2. The van der Waals surface area contributed by atoms with Gasteiger partial charge in [0.1, 0.15) is 4.60 Å². The molecule has 0 fully saturated rings. The van der Waals surface area contributed by atoms with Crippen LogP contribution in [-0.4, -0.2) is 16.6 Å². The highest BCUT2D eigenvalue weighted by Gasteiger charge is 2.02. The SMILES string of the molecule is Cc1ncsc1CCOc1cccc(Br)n1. The molecule has 0 radical (unpaired) electrons. The smallest absolute Gasteiger partial charge is 0.214 e. The van der Waals surface area contributed by atoms with Crippen LogP contribution in [-0.2, 0) is 6.42 Å². The van der Waals surface area contributed by atoms with Gasteiger partial charge in [-0.1, -0.05) is 6.07 Å². The highest BCUT2D eigenvalue weighted by atomic mass is 79.9. The summed E-state index contributed by atoms with van der Waals surface area (Å²) in [5, 5.41) is 0. The lowest BCUT2D eigenvalue weighted by Gasteiger charge is -2.04. The molecule has 2 heterocycles. The van der Waals surface area contributed by atoms with E-state index < -0.39 is 0 Å². The van der Waals surface area contributed by atoms with E-state index >= 15 is 0 Å². The lowest BCUT2D eigenvalue weighted by Crippen LogP contribution is -2.02. The predicted molar refractivity (Wildman–Crippen MR) is 68.0 cm³/mol. The topological polar surface area (TPSA) is 35.0 Å². The van der Waals surface area contributed by atoms with Crippen LogP contribution in [0.1, 0.15) is 10.6 Å². The molecule has 2 aromatic heterocycles. The van der Waals surface area contributed by atoms with Crippen molar-refractivity contribution < 1.29 is 4.74 Å². The summed E-state index contributed by atoms with van der Waals surface area (Å²) in [6.45, 7) is 2.65. The first-order valence-electron chi connectivity index (χ1n) is 4.90. The van der Waals surface area contributed by atoms with Crippen LogP contribution in [0.5, 0.6) is 5.88 Å². The van der Waals surface area contributed by atoms with Gasteiger partial charge < -0.3 is 4.74 Å². The Hall–Kier alpha value is -0.940. The summed E-state index contributed by atoms with van der Waals surface area (Å²) < 4.78 is 6.34. The number of halogens is 1. The van der Waals surface area contributed by atoms with Crippen LogP contribution < -0.4 is 4.74 Å². The van der Waals surface area contributed by atoms with Crippen LogP contribution in [0.3, 0.4) is 0 Å². The number of aryl methyl sites for hydroxylation is 1. The van der Waals surface area contributed by atoms with E-state index in [0.29, 0.717) is 12.5 Å². The summed E-state index contributed by atoms with van der Waals surface area (Å²) in [6.07, 6.45) is 0.880. The third-order valence-electron chi connectivity index (χ3n) is 2.11. The Morgan fingerprint density at radius 3 is 3.00 bits per heavy atom. The lowest BCUT2D eigenvalue weighted by molar-refractivity contribution is 0.309. The molecule has 0 unspecified atom stereocenters. The molecular weight excluding hydrogens is 288 g/mol. The lowest BCUT2D eigenvalue weighted by atomic mass is 10.3. The molecule has 2 rings (SSSR count). The summed E-state index contributed by atoms with van der Waals surface area (Å²) in [4.78, 5) is 9.67. The van der Waals surface area contributed by atoms with Gasteiger partial charge in [0, 0.05) is 17.4 Å². The van der Waals surface area contributed by atoms with Crippen LogP contribution in [0.25, 0.3) is 0 Å². The van der Waals surface area contributed by atoms with E-state index in [0.717, 1.165) is 16.7 Å². The normalized spacial score (nSPS) is 10.4. The standard InChI is InChI=1S/C11H11BrN2OS/c1-8-9(16-7-13-8)5-6-15-11-4-2-3-10(12)14-11/h2-4,7H,5-6H2,1H3. The van der Waals surface area contributed by atoms with Crippen molar-refractivity contribution in [3.8, 4) is 5.88 Å². The predicted octanol–water partition coefficient (Wildman–Crippen LogP) is 3.23. The van der Waals surface area contributed by atoms with Crippen molar-refractivity contribution in [1.29, 1.82) is 0 Å². The van der Waals surface area contributed by atoms with Gasteiger partial charge in [0.25, 0.3) is 0 Å². The zero-order chi connectivity index (χ0) is 11.4. The van der Waals surface area contributed by atoms with Crippen LogP contribution in [0, 0.1) is 6.92 Å². The molecule has 5 heteroatoms. The molecule has 0 aliphatic heterocycles. The maximum Gasteiger partial charge on any atom is 0.214 e. The van der Waals surface area contributed by atoms with E-state index in [4.69, 9.17) is 4.74 Å². The van der Waals surface area contributed by atoms with Crippen LogP contribution in [0.15, 0.2) is 28.3 Å². The Bertz CT molecular complexity index is 473. The Morgan fingerprint density at radius 1 is 1.44 bits per heavy atom. The molecule has 84 valence electrons. The average Bonchev–Trinajstić information content (AvgIpc) is 2.65. The number of hydrogen-bond donors (Lipinski definition) is 0. The molecule has 0 bridgehead atoms. The first kappa shape index (κ1) is 11.5. The van der Waals surface area contributed by atoms with Crippen molar-refractivity contribution in [3.63, 3.8) is 0 Å². The van der Waals surface area contributed by atoms with E-state index in [1.54, 1.807) is 11.3 Å². The van der Waals surface area contributed by atoms with E-state index in [2.05, 4.69) is 25.9 Å². The molecule has 2 aromatic rings. The van der Waals surface area contributed by atoms with Crippen molar-refractivity contribution in [1.82, 2.24) is 9.97 Å². The fraction of sp³-hybridized carbons (Fsp3) is 0.273. The quantitative estimate of drug-likeness (QED) is 0.813. The summed E-state index contributed by atoms with van der Waals surface area (Å²) >= 11 is 4.97. The molecule has 0 amide bonds. The van der Waals surface area contributed by atoms with E-state index in [9.17, 15) is 0 Å². The minimum atomic E-state index is 0.631. The number of pyridine rings is 1. The maximum atomic E-state index is 5.55. The third-order valence-corrected chi connectivity index (χ3v) is 3.55. The summed E-state index contributed by atoms with van der Waals surface area (Å²) in [5.41, 5.74) is 2.96. The van der Waals surface area contributed by atoms with Gasteiger partial charge in [0.05, 0.1) is 17.8 Å². The summed E-state index contributed by atoms with van der Waals surface area (Å²) in [7, 11) is 0. The van der Waals surface area contributed by atoms with E-state index in [1.165, 1.54) is 4.88 Å². The Balaban J connectivity index is 1.87. The van der Waals surface area contributed by atoms with Gasteiger partial charge in [-0.3, -0.25) is 0 Å². The number of hydrogen-bond acceptors (Lipinski definition) is 4. The van der Waals surface area contributed by atoms with Gasteiger partial charge in [-0.25, -0.2) is 9.97 Å². The number of nitrogens with zero attached hydrogens (tertiary/aromatic N) is 2. The van der Waals surface area contributed by atoms with Crippen LogP contribution in [0.2, 0.25) is 0 Å². The van der Waals surface area contributed by atoms with Gasteiger partial charge in [-0.2, -0.15) is 0 Å². The molecule has 16 heavy (non-hydrogen) atoms. The number of rotatable bonds is 4. The monoisotopic (exact) mass is 298 g/mol.